The van der Waals surface area contributed by atoms with Crippen LogP contribution in [0.2, 0.25) is 0 Å². The maximum absolute atomic E-state index is 9.81. The van der Waals surface area contributed by atoms with Crippen LogP contribution in [0.4, 0.5) is 5.95 Å². The number of benzene rings is 2. The monoisotopic (exact) mass is 446 g/mol. The highest BCUT2D eigenvalue weighted by Gasteiger charge is 2.34. The summed E-state index contributed by atoms with van der Waals surface area (Å²) in [4.78, 5) is 11.7. The number of aromatic nitrogens is 2. The van der Waals surface area contributed by atoms with Crippen LogP contribution < -0.4 is 10.6 Å². The molecule has 0 bridgehead atoms. The van der Waals surface area contributed by atoms with Crippen LogP contribution in [0.3, 0.4) is 0 Å². The first-order valence-corrected chi connectivity index (χ1v) is 11.4. The van der Waals surface area contributed by atoms with Crippen LogP contribution in [-0.2, 0) is 0 Å². The van der Waals surface area contributed by atoms with Crippen molar-refractivity contribution in [1.82, 2.24) is 20.2 Å². The van der Waals surface area contributed by atoms with E-state index in [1.807, 2.05) is 25.2 Å². The van der Waals surface area contributed by atoms with E-state index in [1.165, 1.54) is 11.1 Å². The molecule has 0 amide bonds. The summed E-state index contributed by atoms with van der Waals surface area (Å²) >= 11 is 0. The van der Waals surface area contributed by atoms with Crippen molar-refractivity contribution in [2.45, 2.75) is 19.0 Å². The number of likely N-dealkylation sites (tertiary alicyclic amines) is 1. The van der Waals surface area contributed by atoms with Crippen LogP contribution in [0.1, 0.15) is 28.4 Å². The summed E-state index contributed by atoms with van der Waals surface area (Å²) in [5.41, 5.74) is 5.32. The standard InChI is InChI=1S/C28H26N6/c1-20-17-31-28(33-26(20)24(16-29)25-14-8-9-15-30-25)32-23-18-34(19-23)27(21-10-4-2-5-11-21)22-12-6-3-7-13-22/h2-15,17,23,27,30H,18-19H2,1H3,(H,31,32,33). The summed E-state index contributed by atoms with van der Waals surface area (Å²) in [6.07, 6.45) is 9.25. The zero-order valence-corrected chi connectivity index (χ0v) is 19.0. The van der Waals surface area contributed by atoms with Gasteiger partial charge in [0.05, 0.1) is 23.5 Å². The first kappa shape index (κ1) is 21.6. The second kappa shape index (κ2) is 9.74. The average molecular weight is 447 g/mol. The van der Waals surface area contributed by atoms with Gasteiger partial charge in [0.1, 0.15) is 11.6 Å². The summed E-state index contributed by atoms with van der Waals surface area (Å²) in [6, 6.07) is 24.0. The van der Waals surface area contributed by atoms with Crippen LogP contribution >= 0.6 is 0 Å². The van der Waals surface area contributed by atoms with Crippen LogP contribution in [0.25, 0.3) is 5.57 Å². The smallest absolute Gasteiger partial charge is 0.223 e. The molecule has 1 saturated heterocycles. The Labute approximate surface area is 200 Å². The van der Waals surface area contributed by atoms with Gasteiger partial charge < -0.3 is 10.6 Å². The van der Waals surface area contributed by atoms with E-state index in [-0.39, 0.29) is 12.1 Å². The molecule has 168 valence electrons. The molecule has 2 aliphatic rings. The van der Waals surface area contributed by atoms with E-state index >= 15 is 0 Å². The lowest BCUT2D eigenvalue weighted by molar-refractivity contribution is 0.123. The highest BCUT2D eigenvalue weighted by Crippen LogP contribution is 2.33. The first-order valence-electron chi connectivity index (χ1n) is 11.4. The minimum atomic E-state index is 0.210. The summed E-state index contributed by atoms with van der Waals surface area (Å²) < 4.78 is 0. The molecule has 3 heterocycles. The second-order valence-electron chi connectivity index (χ2n) is 8.51. The van der Waals surface area contributed by atoms with E-state index < -0.39 is 0 Å². The van der Waals surface area contributed by atoms with E-state index in [0.717, 1.165) is 24.4 Å². The molecule has 0 atom stereocenters. The molecule has 0 spiro atoms. The lowest BCUT2D eigenvalue weighted by Gasteiger charge is -2.45. The molecular weight excluding hydrogens is 420 g/mol. The van der Waals surface area contributed by atoms with E-state index in [2.05, 4.69) is 87.3 Å². The molecule has 1 aromatic heterocycles. The van der Waals surface area contributed by atoms with Crippen molar-refractivity contribution >= 4 is 11.5 Å². The average Bonchev–Trinajstić information content (AvgIpc) is 2.87. The van der Waals surface area contributed by atoms with Gasteiger partial charge in [0.15, 0.2) is 0 Å². The zero-order chi connectivity index (χ0) is 23.3. The van der Waals surface area contributed by atoms with Crippen molar-refractivity contribution in [2.24, 2.45) is 0 Å². The van der Waals surface area contributed by atoms with Gasteiger partial charge in [-0.2, -0.15) is 5.26 Å². The van der Waals surface area contributed by atoms with Gasteiger partial charge in [-0.15, -0.1) is 0 Å². The molecule has 2 N–H and O–H groups in total. The Hall–Kier alpha value is -4.21. The molecule has 0 aliphatic carbocycles. The highest BCUT2D eigenvalue weighted by molar-refractivity contribution is 5.81. The fourth-order valence-corrected chi connectivity index (χ4v) is 4.44. The van der Waals surface area contributed by atoms with Gasteiger partial charge >= 0.3 is 0 Å². The Balaban J connectivity index is 1.33. The van der Waals surface area contributed by atoms with Crippen LogP contribution in [0, 0.1) is 18.3 Å². The number of allylic oxidation sites excluding steroid dienone is 4. The third-order valence-electron chi connectivity index (χ3n) is 6.14. The molecule has 2 aromatic carbocycles. The number of anilines is 1. The molecule has 6 heteroatoms. The van der Waals surface area contributed by atoms with Gasteiger partial charge in [-0.3, -0.25) is 4.90 Å². The molecule has 0 unspecified atom stereocenters. The highest BCUT2D eigenvalue weighted by atomic mass is 15.3. The topological polar surface area (TPSA) is 76.9 Å². The molecule has 34 heavy (non-hydrogen) atoms. The van der Waals surface area contributed by atoms with Crippen molar-refractivity contribution in [3.8, 4) is 6.07 Å². The molecule has 2 aliphatic heterocycles. The van der Waals surface area contributed by atoms with Crippen LogP contribution in [-0.4, -0.2) is 34.0 Å². The van der Waals surface area contributed by atoms with E-state index in [4.69, 9.17) is 4.98 Å². The SMILES string of the molecule is Cc1cnc(NC2CN(C(c3ccccc3)c3ccccc3)C2)nc1C(C#N)=C1C=CC=CN1. The predicted octanol–water partition coefficient (Wildman–Crippen LogP) is 4.58. The van der Waals surface area contributed by atoms with Crippen molar-refractivity contribution in [2.75, 3.05) is 18.4 Å². The van der Waals surface area contributed by atoms with Crippen molar-refractivity contribution in [3.05, 3.63) is 119 Å². The quantitative estimate of drug-likeness (QED) is 0.540. The zero-order valence-electron chi connectivity index (χ0n) is 19.0. The molecular formula is C28H26N6. The van der Waals surface area contributed by atoms with E-state index in [0.29, 0.717) is 17.2 Å². The first-order chi connectivity index (χ1) is 16.7. The third kappa shape index (κ3) is 4.47. The Morgan fingerprint density at radius 3 is 2.32 bits per heavy atom. The molecule has 6 nitrogen and oxygen atoms in total. The van der Waals surface area contributed by atoms with Crippen molar-refractivity contribution in [3.63, 3.8) is 0 Å². The fourth-order valence-electron chi connectivity index (χ4n) is 4.44. The second-order valence-corrected chi connectivity index (χ2v) is 8.51. The Morgan fingerprint density at radius 2 is 1.74 bits per heavy atom. The molecule has 3 aromatic rings. The van der Waals surface area contributed by atoms with Crippen LogP contribution in [0.5, 0.6) is 0 Å². The summed E-state index contributed by atoms with van der Waals surface area (Å²) in [5, 5.41) is 16.4. The van der Waals surface area contributed by atoms with Gasteiger partial charge in [-0.25, -0.2) is 9.97 Å². The number of hydrogen-bond donors (Lipinski definition) is 2. The predicted molar refractivity (Wildman–Crippen MR) is 134 cm³/mol. The fraction of sp³-hybridized carbons (Fsp3) is 0.179. The van der Waals surface area contributed by atoms with Gasteiger partial charge in [0, 0.05) is 25.5 Å². The minimum absolute atomic E-state index is 0.210. The van der Waals surface area contributed by atoms with Gasteiger partial charge in [-0.1, -0.05) is 66.7 Å². The molecule has 0 radical (unpaired) electrons. The number of rotatable bonds is 6. The maximum Gasteiger partial charge on any atom is 0.223 e. The van der Waals surface area contributed by atoms with Gasteiger partial charge in [0.2, 0.25) is 5.95 Å². The van der Waals surface area contributed by atoms with Crippen LogP contribution in [0.15, 0.2) is 97.0 Å². The summed E-state index contributed by atoms with van der Waals surface area (Å²) in [6.45, 7) is 3.68. The minimum Gasteiger partial charge on any atom is -0.361 e. The van der Waals surface area contributed by atoms with E-state index in [1.54, 1.807) is 12.4 Å². The molecule has 1 fully saturated rings. The van der Waals surface area contributed by atoms with E-state index in [9.17, 15) is 5.26 Å². The summed E-state index contributed by atoms with van der Waals surface area (Å²) in [7, 11) is 0. The molecule has 5 rings (SSSR count). The Morgan fingerprint density at radius 1 is 1.06 bits per heavy atom. The summed E-state index contributed by atoms with van der Waals surface area (Å²) in [5.74, 6) is 0.546. The van der Waals surface area contributed by atoms with Gasteiger partial charge in [-0.05, 0) is 35.8 Å². The number of nitriles is 1. The number of hydrogen-bond acceptors (Lipinski definition) is 6. The molecule has 0 saturated carbocycles. The number of dihydropyridines is 1. The Kier molecular flexibility index (Phi) is 6.19. The van der Waals surface area contributed by atoms with Gasteiger partial charge in [0.25, 0.3) is 0 Å². The largest absolute Gasteiger partial charge is 0.361 e. The maximum atomic E-state index is 9.81. The third-order valence-corrected chi connectivity index (χ3v) is 6.14. The number of aryl methyl sites for hydroxylation is 1. The van der Waals surface area contributed by atoms with Crippen molar-refractivity contribution < 1.29 is 0 Å². The Bertz CT molecular complexity index is 1240. The number of nitrogens with one attached hydrogen (secondary N) is 2. The normalized spacial score (nSPS) is 17.1. The number of nitrogens with zero attached hydrogens (tertiary/aromatic N) is 4. The lowest BCUT2D eigenvalue weighted by atomic mass is 9.93. The van der Waals surface area contributed by atoms with Crippen molar-refractivity contribution in [1.29, 1.82) is 5.26 Å². The lowest BCUT2D eigenvalue weighted by Crippen LogP contribution is -2.56.